The van der Waals surface area contributed by atoms with Crippen LogP contribution in [0, 0.1) is 17.6 Å². The molecule has 0 amide bonds. The Morgan fingerprint density at radius 2 is 1.43 bits per heavy atom. The first kappa shape index (κ1) is 42.1. The van der Waals surface area contributed by atoms with Crippen molar-refractivity contribution in [3.8, 4) is 0 Å². The van der Waals surface area contributed by atoms with E-state index in [4.69, 9.17) is 0 Å². The molecular weight excluding hydrogens is 603 g/mol. The Morgan fingerprint density at radius 3 is 1.93 bits per heavy atom. The highest BCUT2D eigenvalue weighted by atomic mass is 19.4. The van der Waals surface area contributed by atoms with Gasteiger partial charge in [-0.05, 0) is 105 Å². The number of rotatable bonds is 9. The number of alkyl halides is 4. The standard InChI is InChI=1S/C25H28F2.C9H6F4.C3H7F.CH5N/c1-5-23(26)12-11-19(4)25(16-20-9-7-6-8-10-20)22-14-21(13-18(2)3)15-24(27)17-22;1-2-6-3-4-8(10)7(5-6)9(11,12)13;1-3(2)4;1-2/h5-12,14-15,17-18,25H,4,13,16H2,1-3H3;2-5H,1H2;3H,1-2H3;2H2,1H3/b12-11-,23-5+;;;/t25-;;;/m0.../s1. The highest BCUT2D eigenvalue weighted by Crippen LogP contribution is 2.32. The second-order valence-electron chi connectivity index (χ2n) is 10.8. The van der Waals surface area contributed by atoms with Crippen LogP contribution in [0.15, 0.2) is 110 Å². The molecule has 0 unspecified atom stereocenters. The normalized spacial score (nSPS) is 12.0. The maximum Gasteiger partial charge on any atom is 0.419 e. The zero-order valence-corrected chi connectivity index (χ0v) is 27.4. The lowest BCUT2D eigenvalue weighted by Crippen LogP contribution is -2.08. The van der Waals surface area contributed by atoms with Crippen LogP contribution in [0.3, 0.4) is 0 Å². The molecule has 1 nitrogen and oxygen atoms in total. The van der Waals surface area contributed by atoms with Crippen LogP contribution >= 0.6 is 0 Å². The number of allylic oxidation sites excluding steroid dienone is 5. The summed E-state index contributed by atoms with van der Waals surface area (Å²) in [5.41, 5.74) is 7.24. The van der Waals surface area contributed by atoms with Crippen LogP contribution in [0.1, 0.15) is 68.4 Å². The zero-order chi connectivity index (χ0) is 35.4. The molecule has 0 aliphatic heterocycles. The molecule has 1 atom stereocenters. The summed E-state index contributed by atoms with van der Waals surface area (Å²) in [4.78, 5) is 0. The van der Waals surface area contributed by atoms with E-state index in [0.717, 1.165) is 40.8 Å². The van der Waals surface area contributed by atoms with Gasteiger partial charge in [-0.3, -0.25) is 0 Å². The molecule has 3 aromatic carbocycles. The molecule has 3 rings (SSSR count). The molecule has 0 saturated heterocycles. The Hall–Kier alpha value is -3.91. The van der Waals surface area contributed by atoms with E-state index < -0.39 is 23.7 Å². The zero-order valence-electron chi connectivity index (χ0n) is 27.4. The van der Waals surface area contributed by atoms with Gasteiger partial charge in [-0.1, -0.05) is 87.7 Å². The van der Waals surface area contributed by atoms with Gasteiger partial charge in [0.25, 0.3) is 0 Å². The van der Waals surface area contributed by atoms with Crippen LogP contribution in [-0.2, 0) is 19.0 Å². The summed E-state index contributed by atoms with van der Waals surface area (Å²) in [5.74, 6) is -1.49. The summed E-state index contributed by atoms with van der Waals surface area (Å²) in [5, 5.41) is 0. The summed E-state index contributed by atoms with van der Waals surface area (Å²) in [7, 11) is 1.50. The molecule has 0 fully saturated rings. The summed E-state index contributed by atoms with van der Waals surface area (Å²) in [6.07, 6.45) is 1.92. The minimum Gasteiger partial charge on any atom is -0.333 e. The van der Waals surface area contributed by atoms with E-state index >= 15 is 0 Å². The summed E-state index contributed by atoms with van der Waals surface area (Å²) < 4.78 is 87.7. The molecule has 46 heavy (non-hydrogen) atoms. The number of nitrogens with two attached hydrogens (primary N) is 1. The summed E-state index contributed by atoms with van der Waals surface area (Å²) >= 11 is 0. The van der Waals surface area contributed by atoms with Crippen molar-refractivity contribution in [2.75, 3.05) is 7.05 Å². The molecule has 252 valence electrons. The van der Waals surface area contributed by atoms with Gasteiger partial charge in [0, 0.05) is 5.92 Å². The van der Waals surface area contributed by atoms with Crippen LogP contribution in [0.25, 0.3) is 6.08 Å². The SMILES string of the molecule is C=C(/C=C\C(F)=C/C)[C@H](Cc1ccccc1)c1cc(F)cc(CC(C)C)c1.C=Cc1ccc(F)c(C(F)(F)F)c1.CC(C)F.CN. The van der Waals surface area contributed by atoms with Crippen LogP contribution in [0.2, 0.25) is 0 Å². The van der Waals surface area contributed by atoms with Crippen LogP contribution in [-0.4, -0.2) is 13.2 Å². The maximum absolute atomic E-state index is 14.3. The lowest BCUT2D eigenvalue weighted by Gasteiger charge is -2.20. The predicted molar refractivity (Wildman–Crippen MR) is 179 cm³/mol. The average molecular weight is 650 g/mol. The summed E-state index contributed by atoms with van der Waals surface area (Å²) in [6.45, 7) is 16.3. The molecular formula is C38H46F7N. The number of hydrogen-bond donors (Lipinski definition) is 1. The van der Waals surface area contributed by atoms with Crippen LogP contribution < -0.4 is 5.73 Å². The summed E-state index contributed by atoms with van der Waals surface area (Å²) in [6, 6.07) is 18.0. The van der Waals surface area contributed by atoms with Gasteiger partial charge in [0.15, 0.2) is 0 Å². The topological polar surface area (TPSA) is 26.0 Å². The van der Waals surface area contributed by atoms with Crippen molar-refractivity contribution < 1.29 is 30.7 Å². The maximum atomic E-state index is 14.3. The molecule has 0 aliphatic carbocycles. The van der Waals surface area contributed by atoms with E-state index in [1.54, 1.807) is 25.1 Å². The Balaban J connectivity index is 0.000000883. The fourth-order valence-corrected chi connectivity index (χ4v) is 4.06. The Kier molecular flexibility index (Phi) is 19.9. The van der Waals surface area contributed by atoms with Crippen molar-refractivity contribution in [1.29, 1.82) is 0 Å². The minimum absolute atomic E-state index is 0.116. The van der Waals surface area contributed by atoms with Gasteiger partial charge in [0.2, 0.25) is 0 Å². The third kappa shape index (κ3) is 17.0. The first-order valence-corrected chi connectivity index (χ1v) is 14.8. The number of benzene rings is 3. The van der Waals surface area contributed by atoms with Crippen molar-refractivity contribution >= 4 is 6.08 Å². The van der Waals surface area contributed by atoms with Gasteiger partial charge in [-0.2, -0.15) is 13.2 Å². The fourth-order valence-electron chi connectivity index (χ4n) is 4.06. The highest BCUT2D eigenvalue weighted by molar-refractivity contribution is 5.48. The highest BCUT2D eigenvalue weighted by Gasteiger charge is 2.33. The molecule has 0 heterocycles. The van der Waals surface area contributed by atoms with Crippen molar-refractivity contribution in [1.82, 2.24) is 0 Å². The minimum atomic E-state index is -4.65. The molecule has 3 aromatic rings. The monoisotopic (exact) mass is 649 g/mol. The van der Waals surface area contributed by atoms with Crippen molar-refractivity contribution in [3.63, 3.8) is 0 Å². The average Bonchev–Trinajstić information content (AvgIpc) is 2.99. The van der Waals surface area contributed by atoms with E-state index in [1.165, 1.54) is 45.2 Å². The third-order valence-electron chi connectivity index (χ3n) is 6.02. The lowest BCUT2D eigenvalue weighted by atomic mass is 9.84. The van der Waals surface area contributed by atoms with E-state index in [2.05, 4.69) is 38.8 Å². The van der Waals surface area contributed by atoms with E-state index in [0.29, 0.717) is 12.3 Å². The molecule has 0 bridgehead atoms. The third-order valence-corrected chi connectivity index (χ3v) is 6.02. The van der Waals surface area contributed by atoms with E-state index in [-0.39, 0.29) is 23.1 Å². The molecule has 8 heteroatoms. The van der Waals surface area contributed by atoms with E-state index in [9.17, 15) is 30.7 Å². The quantitative estimate of drug-likeness (QED) is 0.181. The van der Waals surface area contributed by atoms with Crippen molar-refractivity contribution in [2.45, 2.75) is 65.7 Å². The van der Waals surface area contributed by atoms with Gasteiger partial charge in [0.05, 0.1) is 11.7 Å². The molecule has 0 radical (unpaired) electrons. The van der Waals surface area contributed by atoms with Gasteiger partial charge < -0.3 is 5.73 Å². The second-order valence-corrected chi connectivity index (χ2v) is 10.8. The molecule has 0 spiro atoms. The number of halogens is 7. The fraction of sp³-hybridized carbons (Fsp3) is 0.316. The van der Waals surface area contributed by atoms with Gasteiger partial charge in [0.1, 0.15) is 17.5 Å². The largest absolute Gasteiger partial charge is 0.419 e. The van der Waals surface area contributed by atoms with Gasteiger partial charge in [-0.25, -0.2) is 17.6 Å². The predicted octanol–water partition coefficient (Wildman–Crippen LogP) is 11.8. The smallest absolute Gasteiger partial charge is 0.333 e. The Labute approximate surface area is 270 Å². The Morgan fingerprint density at radius 1 is 0.848 bits per heavy atom. The first-order valence-electron chi connectivity index (χ1n) is 14.8. The Bertz CT molecular complexity index is 1390. The van der Waals surface area contributed by atoms with Gasteiger partial charge in [-0.15, -0.1) is 0 Å². The van der Waals surface area contributed by atoms with E-state index in [1.807, 2.05) is 30.3 Å². The molecule has 2 N–H and O–H groups in total. The lowest BCUT2D eigenvalue weighted by molar-refractivity contribution is -0.140. The van der Waals surface area contributed by atoms with Crippen LogP contribution in [0.4, 0.5) is 30.7 Å². The first-order chi connectivity index (χ1) is 21.6. The van der Waals surface area contributed by atoms with Gasteiger partial charge >= 0.3 is 6.18 Å². The molecule has 0 aliphatic rings. The van der Waals surface area contributed by atoms with Crippen molar-refractivity contribution in [3.05, 3.63) is 149 Å². The van der Waals surface area contributed by atoms with Crippen LogP contribution in [0.5, 0.6) is 0 Å². The molecule has 0 aromatic heterocycles. The van der Waals surface area contributed by atoms with Crippen molar-refractivity contribution in [2.24, 2.45) is 11.7 Å². The second kappa shape index (κ2) is 21.8. The number of hydrogen-bond acceptors (Lipinski definition) is 1. The molecule has 0 saturated carbocycles.